The lowest BCUT2D eigenvalue weighted by molar-refractivity contribution is -0.191. The molecule has 2 atom stereocenters. The minimum absolute atomic E-state index is 0.0520. The Morgan fingerprint density at radius 2 is 0.800 bits per heavy atom. The van der Waals surface area contributed by atoms with Crippen LogP contribution >= 0.6 is 0 Å². The molecule has 0 aromatic heterocycles. The van der Waals surface area contributed by atoms with Crippen molar-refractivity contribution in [2.24, 2.45) is 10.8 Å². The van der Waals surface area contributed by atoms with Crippen LogP contribution in [0.4, 0.5) is 0 Å². The van der Waals surface area contributed by atoms with Gasteiger partial charge in [-0.2, -0.15) is 9.59 Å². The van der Waals surface area contributed by atoms with Crippen LogP contribution in [-0.4, -0.2) is 48.3 Å². The highest BCUT2D eigenvalue weighted by molar-refractivity contribution is 5.70. The highest BCUT2D eigenvalue weighted by atomic mass is 16.5. The third kappa shape index (κ3) is 15.4. The predicted octanol–water partition coefficient (Wildman–Crippen LogP) is 15.4. The first-order valence-electron chi connectivity index (χ1n) is 26.8. The molecule has 0 aliphatic rings. The number of aliphatic hydroxyl groups excluding tert-OH is 2. The third-order valence-electron chi connectivity index (χ3n) is 15.5. The van der Waals surface area contributed by atoms with Gasteiger partial charge in [-0.15, -0.1) is 0 Å². The van der Waals surface area contributed by atoms with Gasteiger partial charge in [-0.05, 0) is 161 Å². The van der Waals surface area contributed by atoms with Crippen molar-refractivity contribution in [2.75, 3.05) is 13.2 Å². The summed E-state index contributed by atoms with van der Waals surface area (Å²) in [6, 6.07) is 44.0. The van der Waals surface area contributed by atoms with Crippen molar-refractivity contribution in [3.63, 3.8) is 0 Å². The van der Waals surface area contributed by atoms with Crippen molar-refractivity contribution >= 4 is 12.6 Å². The lowest BCUT2D eigenvalue weighted by Gasteiger charge is -2.34. The van der Waals surface area contributed by atoms with Gasteiger partial charge in [0.2, 0.25) is 0 Å². The molecule has 0 saturated carbocycles. The van der Waals surface area contributed by atoms with E-state index in [-0.39, 0.29) is 41.0 Å². The summed E-state index contributed by atoms with van der Waals surface area (Å²) in [5, 5.41) is 20.8. The first-order valence-corrected chi connectivity index (χ1v) is 26.8. The van der Waals surface area contributed by atoms with Crippen LogP contribution in [0.1, 0.15) is 157 Å². The number of hydrogen-bond donors (Lipinski definition) is 2. The van der Waals surface area contributed by atoms with Crippen LogP contribution in [0.25, 0.3) is 22.3 Å². The van der Waals surface area contributed by atoms with Crippen LogP contribution in [0.15, 0.2) is 121 Å². The van der Waals surface area contributed by atoms with Gasteiger partial charge in [0.15, 0.2) is 0 Å². The molecule has 8 nitrogen and oxygen atoms in total. The summed E-state index contributed by atoms with van der Waals surface area (Å²) < 4.78 is 16.9. The molecule has 0 bridgehead atoms. The van der Waals surface area contributed by atoms with Crippen LogP contribution in [0.3, 0.4) is 0 Å². The average molecular weight is 1020 g/mol. The van der Waals surface area contributed by atoms with Gasteiger partial charge < -0.3 is 24.4 Å². The molecule has 75 heavy (non-hydrogen) atoms. The maximum absolute atomic E-state index is 10.5. The number of aryl methyl sites for hydroxylation is 5. The molecular formula is C67H86O8. The van der Waals surface area contributed by atoms with Crippen molar-refractivity contribution in [2.45, 2.75) is 166 Å². The van der Waals surface area contributed by atoms with Gasteiger partial charge in [-0.1, -0.05) is 185 Å². The number of ether oxygens (including phenoxy) is 3. The lowest BCUT2D eigenvalue weighted by Crippen LogP contribution is -2.32. The summed E-state index contributed by atoms with van der Waals surface area (Å²) in [7, 11) is 0. The normalized spacial score (nSPS) is 12.5. The molecule has 2 unspecified atom stereocenters. The SMILES string of the molecule is CCC(CC)(c1ccc(OCC(O)C(C)(C)C)c(C)c1)c1ccc(-c2ccc(COC=O)cc2)c(C)c1.CCc1ccc(-c2ccc(C(CC)(CC)c3ccc(OCC(O)C(C)(C)C)c(C)c3)cc2C)cc1.O=C=O. The molecule has 402 valence electrons. The number of aliphatic hydroxyl groups is 2. The fourth-order valence-corrected chi connectivity index (χ4v) is 9.92. The van der Waals surface area contributed by atoms with Crippen molar-refractivity contribution in [3.8, 4) is 33.8 Å². The number of carbonyl (C=O) groups is 1. The van der Waals surface area contributed by atoms with Crippen molar-refractivity contribution in [1.82, 2.24) is 0 Å². The van der Waals surface area contributed by atoms with Gasteiger partial charge in [-0.3, -0.25) is 4.79 Å². The van der Waals surface area contributed by atoms with E-state index in [9.17, 15) is 15.0 Å². The number of rotatable bonds is 20. The molecule has 6 rings (SSSR count). The van der Waals surface area contributed by atoms with E-state index in [4.69, 9.17) is 23.8 Å². The molecule has 0 radical (unpaired) electrons. The zero-order valence-corrected chi connectivity index (χ0v) is 47.8. The summed E-state index contributed by atoms with van der Waals surface area (Å²) in [5.41, 5.74) is 16.7. The van der Waals surface area contributed by atoms with Crippen LogP contribution in [0.5, 0.6) is 11.5 Å². The molecule has 0 fully saturated rings. The molecule has 0 saturated heterocycles. The molecule has 0 amide bonds. The summed E-state index contributed by atoms with van der Waals surface area (Å²) in [5.74, 6) is 1.67. The largest absolute Gasteiger partial charge is 0.491 e. The van der Waals surface area contributed by atoms with Gasteiger partial charge in [0.1, 0.15) is 31.3 Å². The van der Waals surface area contributed by atoms with E-state index in [0.29, 0.717) is 13.1 Å². The predicted molar refractivity (Wildman–Crippen MR) is 305 cm³/mol. The van der Waals surface area contributed by atoms with E-state index in [1.165, 1.54) is 55.6 Å². The molecule has 0 aliphatic carbocycles. The lowest BCUT2D eigenvalue weighted by atomic mass is 9.69. The fourth-order valence-electron chi connectivity index (χ4n) is 9.92. The van der Waals surface area contributed by atoms with Crippen LogP contribution in [0, 0.1) is 38.5 Å². The summed E-state index contributed by atoms with van der Waals surface area (Å²) >= 11 is 0. The van der Waals surface area contributed by atoms with Gasteiger partial charge in [0.05, 0.1) is 12.2 Å². The maximum Gasteiger partial charge on any atom is 0.373 e. The summed E-state index contributed by atoms with van der Waals surface area (Å²) in [4.78, 5) is 26.7. The highest BCUT2D eigenvalue weighted by Crippen LogP contribution is 2.44. The topological polar surface area (TPSA) is 119 Å². The minimum Gasteiger partial charge on any atom is -0.491 e. The van der Waals surface area contributed by atoms with Crippen LogP contribution < -0.4 is 9.47 Å². The second kappa shape index (κ2) is 27.5. The maximum atomic E-state index is 10.5. The van der Waals surface area contributed by atoms with Gasteiger partial charge in [0.25, 0.3) is 6.47 Å². The molecule has 6 aromatic carbocycles. The van der Waals surface area contributed by atoms with Gasteiger partial charge in [0, 0.05) is 10.8 Å². The fraction of sp³-hybridized carbons (Fsp3) is 0.433. The van der Waals surface area contributed by atoms with E-state index in [2.05, 4.69) is 172 Å². The standard InChI is InChI=1S/C33H42O4.C33H44O2.CO2/c1-8-33(9-2,28-15-17-30(24(4)19-28)37-21-31(35)32(5,6)7)27-14-16-29(23(3)18-27)26-12-10-25(11-13-26)20-36-22-34;1-9-25-12-14-26(15-13-25)29-18-16-27(20-23(29)4)33(10-2,11-3)28-17-19-30(24(5)21-28)35-22-31(34)32(6,7)8;2-1-3/h10-19,22,31,35H,8-9,20-21H2,1-7H3;12-21,31,34H,9-11,22H2,1-8H3;. The zero-order chi connectivity index (χ0) is 55.7. The third-order valence-corrected chi connectivity index (χ3v) is 15.5. The number of benzene rings is 6. The zero-order valence-electron chi connectivity index (χ0n) is 47.8. The molecular weight excluding hydrogens is 933 g/mol. The Labute approximate surface area is 449 Å². The smallest absolute Gasteiger partial charge is 0.373 e. The quantitative estimate of drug-likeness (QED) is 0.0726. The monoisotopic (exact) mass is 1020 g/mol. The Morgan fingerprint density at radius 3 is 1.08 bits per heavy atom. The Bertz CT molecular complexity index is 2780. The highest BCUT2D eigenvalue weighted by Gasteiger charge is 2.33. The molecule has 0 aliphatic heterocycles. The number of hydrogen-bond acceptors (Lipinski definition) is 8. The summed E-state index contributed by atoms with van der Waals surface area (Å²) in [6.07, 6.45) is 4.29. The molecule has 0 spiro atoms. The van der Waals surface area contributed by atoms with E-state index in [0.717, 1.165) is 65.9 Å². The molecule has 6 aromatic rings. The van der Waals surface area contributed by atoms with Crippen molar-refractivity contribution in [3.05, 3.63) is 177 Å². The second-order valence-corrected chi connectivity index (χ2v) is 22.2. The molecule has 2 N–H and O–H groups in total. The Balaban J connectivity index is 0.000000309. The van der Waals surface area contributed by atoms with Crippen molar-refractivity contribution < 1.29 is 38.8 Å². The average Bonchev–Trinajstić information content (AvgIpc) is 3.38. The Morgan fingerprint density at radius 1 is 0.480 bits per heavy atom. The molecule has 8 heteroatoms. The van der Waals surface area contributed by atoms with E-state index in [1.807, 2.05) is 53.7 Å². The van der Waals surface area contributed by atoms with E-state index in [1.54, 1.807) is 0 Å². The Kier molecular flexibility index (Phi) is 22.4. The van der Waals surface area contributed by atoms with Crippen molar-refractivity contribution in [1.29, 1.82) is 0 Å². The van der Waals surface area contributed by atoms with E-state index >= 15 is 0 Å². The van der Waals surface area contributed by atoms with E-state index < -0.39 is 12.2 Å². The first-order chi connectivity index (χ1) is 35.5. The van der Waals surface area contributed by atoms with Gasteiger partial charge >= 0.3 is 6.15 Å². The molecule has 0 heterocycles. The number of carbonyl (C=O) groups excluding carboxylic acids is 3. The Hall–Kier alpha value is -6.31. The summed E-state index contributed by atoms with van der Waals surface area (Å²) in [6.45, 7) is 33.3. The first kappa shape index (κ1) is 61.2. The van der Waals surface area contributed by atoms with Gasteiger partial charge in [-0.25, -0.2) is 0 Å². The minimum atomic E-state index is -0.528. The second-order valence-electron chi connectivity index (χ2n) is 22.2. The van der Waals surface area contributed by atoms with Crippen LogP contribution in [-0.2, 0) is 43.0 Å². The van der Waals surface area contributed by atoms with Crippen LogP contribution in [0.2, 0.25) is 0 Å².